The molecule has 1 saturated heterocycles. The average Bonchev–Trinajstić information content (AvgIpc) is 3.06. The molecule has 8 nitrogen and oxygen atoms in total. The van der Waals surface area contributed by atoms with Gasteiger partial charge in [-0.1, -0.05) is 6.92 Å². The molecule has 3 aromatic rings. The van der Waals surface area contributed by atoms with E-state index in [2.05, 4.69) is 16.9 Å². The summed E-state index contributed by atoms with van der Waals surface area (Å²) in [5.74, 6) is 1.66. The Bertz CT molecular complexity index is 1170. The van der Waals surface area contributed by atoms with Crippen molar-refractivity contribution >= 4 is 23.1 Å². The van der Waals surface area contributed by atoms with Crippen LogP contribution in [0.4, 0.5) is 11.5 Å². The van der Waals surface area contributed by atoms with Crippen molar-refractivity contribution in [3.05, 3.63) is 52.2 Å². The first kappa shape index (κ1) is 18.8. The van der Waals surface area contributed by atoms with Crippen LogP contribution in [-0.4, -0.2) is 49.6 Å². The minimum atomic E-state index is -0.163. The highest BCUT2D eigenvalue weighted by atomic mass is 16.2. The highest BCUT2D eigenvalue weighted by Gasteiger charge is 2.25. The number of pyridine rings is 2. The first-order chi connectivity index (χ1) is 14.5. The molecule has 0 atom stereocenters. The monoisotopic (exact) mass is 406 g/mol. The van der Waals surface area contributed by atoms with E-state index in [4.69, 9.17) is 4.98 Å². The average molecular weight is 406 g/mol. The van der Waals surface area contributed by atoms with Crippen LogP contribution in [0.3, 0.4) is 0 Å². The molecule has 5 heterocycles. The van der Waals surface area contributed by atoms with Gasteiger partial charge in [0.05, 0.1) is 5.56 Å². The van der Waals surface area contributed by atoms with E-state index in [0.717, 1.165) is 62.4 Å². The quantitative estimate of drug-likeness (QED) is 0.653. The van der Waals surface area contributed by atoms with E-state index < -0.39 is 0 Å². The van der Waals surface area contributed by atoms with Crippen LogP contribution in [0.5, 0.6) is 0 Å². The number of anilines is 2. The van der Waals surface area contributed by atoms with Crippen molar-refractivity contribution in [2.45, 2.75) is 32.6 Å². The number of nitrogens with zero attached hydrogens (tertiary/aromatic N) is 6. The van der Waals surface area contributed by atoms with Gasteiger partial charge in [-0.15, -0.1) is 0 Å². The summed E-state index contributed by atoms with van der Waals surface area (Å²) in [7, 11) is 1.65. The number of hydrogen-bond acceptors (Lipinski definition) is 5. The lowest BCUT2D eigenvalue weighted by Crippen LogP contribution is -2.38. The SMILES string of the molecule is CC1CCN(C(=O)c2cnc3c(c2)CCCN3c2ccn3c(=O)n(C)nc3c2)CC1. The van der Waals surface area contributed by atoms with Gasteiger partial charge in [-0.25, -0.2) is 14.5 Å². The molecular weight excluding hydrogens is 380 g/mol. The predicted molar refractivity (Wildman–Crippen MR) is 114 cm³/mol. The smallest absolute Gasteiger partial charge is 0.339 e. The van der Waals surface area contributed by atoms with Gasteiger partial charge in [-0.05, 0) is 49.3 Å². The second-order valence-corrected chi connectivity index (χ2v) is 8.46. The number of amides is 1. The number of aryl methyl sites for hydroxylation is 2. The van der Waals surface area contributed by atoms with Crippen LogP contribution >= 0.6 is 0 Å². The van der Waals surface area contributed by atoms with Crippen molar-refractivity contribution in [3.63, 3.8) is 0 Å². The zero-order chi connectivity index (χ0) is 20.8. The van der Waals surface area contributed by atoms with Gasteiger partial charge < -0.3 is 9.80 Å². The molecule has 0 N–H and O–H groups in total. The fraction of sp³-hybridized carbons (Fsp3) is 0.455. The Labute approximate surface area is 174 Å². The van der Waals surface area contributed by atoms with E-state index in [1.165, 1.54) is 9.08 Å². The van der Waals surface area contributed by atoms with E-state index in [-0.39, 0.29) is 11.6 Å². The summed E-state index contributed by atoms with van der Waals surface area (Å²) >= 11 is 0. The predicted octanol–water partition coefficient (Wildman–Crippen LogP) is 2.38. The van der Waals surface area contributed by atoms with Gasteiger partial charge in [0.2, 0.25) is 0 Å². The normalized spacial score (nSPS) is 17.4. The standard InChI is InChI=1S/C22H26N6O2/c1-15-5-9-26(10-6-15)21(29)17-12-16-4-3-8-27(20(16)23-14-17)18-7-11-28-19(13-18)24-25(2)22(28)30/h7,11-15H,3-6,8-10H2,1-2H3. The van der Waals surface area contributed by atoms with Crippen molar-refractivity contribution in [1.82, 2.24) is 24.1 Å². The van der Waals surface area contributed by atoms with Crippen LogP contribution in [0, 0.1) is 5.92 Å². The number of aromatic nitrogens is 4. The largest absolute Gasteiger partial charge is 0.350 e. The fourth-order valence-electron chi connectivity index (χ4n) is 4.46. The molecule has 0 aromatic carbocycles. The maximum atomic E-state index is 13.0. The minimum absolute atomic E-state index is 0.0867. The summed E-state index contributed by atoms with van der Waals surface area (Å²) in [6.45, 7) is 4.74. The lowest BCUT2D eigenvalue weighted by atomic mass is 9.98. The molecule has 3 aromatic heterocycles. The van der Waals surface area contributed by atoms with E-state index in [0.29, 0.717) is 17.1 Å². The fourth-order valence-corrected chi connectivity index (χ4v) is 4.46. The maximum absolute atomic E-state index is 13.0. The van der Waals surface area contributed by atoms with E-state index in [1.54, 1.807) is 19.4 Å². The maximum Gasteiger partial charge on any atom is 0.350 e. The summed E-state index contributed by atoms with van der Waals surface area (Å²) in [6.07, 6.45) is 7.48. The Morgan fingerprint density at radius 3 is 2.77 bits per heavy atom. The number of carbonyl (C=O) groups is 1. The lowest BCUT2D eigenvalue weighted by molar-refractivity contribution is 0.0696. The van der Waals surface area contributed by atoms with Crippen molar-refractivity contribution in [2.75, 3.05) is 24.5 Å². The molecule has 2 aliphatic rings. The molecule has 1 fully saturated rings. The molecule has 156 valence electrons. The van der Waals surface area contributed by atoms with Crippen molar-refractivity contribution in [2.24, 2.45) is 13.0 Å². The van der Waals surface area contributed by atoms with Crippen molar-refractivity contribution < 1.29 is 4.79 Å². The van der Waals surface area contributed by atoms with Gasteiger partial charge in [0, 0.05) is 50.8 Å². The van der Waals surface area contributed by atoms with E-state index >= 15 is 0 Å². The number of fused-ring (bicyclic) bond motifs is 2. The molecular formula is C22H26N6O2. The summed E-state index contributed by atoms with van der Waals surface area (Å²) in [6, 6.07) is 5.84. The van der Waals surface area contributed by atoms with Crippen LogP contribution in [0.1, 0.15) is 42.1 Å². The minimum Gasteiger partial charge on any atom is -0.339 e. The van der Waals surface area contributed by atoms with Crippen LogP contribution in [0.15, 0.2) is 35.4 Å². The van der Waals surface area contributed by atoms with Gasteiger partial charge in [-0.2, -0.15) is 5.10 Å². The Morgan fingerprint density at radius 2 is 1.97 bits per heavy atom. The third-order valence-corrected chi connectivity index (χ3v) is 6.31. The number of hydrogen-bond donors (Lipinski definition) is 0. The van der Waals surface area contributed by atoms with Crippen LogP contribution in [-0.2, 0) is 13.5 Å². The van der Waals surface area contributed by atoms with Crippen molar-refractivity contribution in [3.8, 4) is 0 Å². The number of carbonyl (C=O) groups excluding carboxylic acids is 1. The number of rotatable bonds is 2. The van der Waals surface area contributed by atoms with Crippen LogP contribution in [0.25, 0.3) is 5.65 Å². The number of piperidine rings is 1. The molecule has 30 heavy (non-hydrogen) atoms. The van der Waals surface area contributed by atoms with Crippen molar-refractivity contribution in [1.29, 1.82) is 0 Å². The third kappa shape index (κ3) is 3.16. The van der Waals surface area contributed by atoms with E-state index in [1.807, 2.05) is 23.1 Å². The second kappa shape index (κ2) is 7.27. The molecule has 0 aliphatic carbocycles. The molecule has 1 amide bonds. The zero-order valence-electron chi connectivity index (χ0n) is 17.4. The summed E-state index contributed by atoms with van der Waals surface area (Å²) in [5.41, 5.74) is 3.17. The second-order valence-electron chi connectivity index (χ2n) is 8.46. The first-order valence-electron chi connectivity index (χ1n) is 10.6. The molecule has 0 spiro atoms. The molecule has 0 unspecified atom stereocenters. The Hall–Kier alpha value is -3.16. The molecule has 2 aliphatic heterocycles. The molecule has 0 radical (unpaired) electrons. The summed E-state index contributed by atoms with van der Waals surface area (Å²) < 4.78 is 2.86. The van der Waals surface area contributed by atoms with E-state index in [9.17, 15) is 9.59 Å². The third-order valence-electron chi connectivity index (χ3n) is 6.31. The highest BCUT2D eigenvalue weighted by molar-refractivity contribution is 5.94. The van der Waals surface area contributed by atoms with Gasteiger partial charge in [0.15, 0.2) is 5.65 Å². The molecule has 0 bridgehead atoms. The van der Waals surface area contributed by atoms with Crippen LogP contribution < -0.4 is 10.6 Å². The zero-order valence-corrected chi connectivity index (χ0v) is 17.4. The van der Waals surface area contributed by atoms with Crippen LogP contribution in [0.2, 0.25) is 0 Å². The summed E-state index contributed by atoms with van der Waals surface area (Å²) in [4.78, 5) is 33.8. The number of likely N-dealkylation sites (tertiary alicyclic amines) is 1. The van der Waals surface area contributed by atoms with Gasteiger partial charge in [0.25, 0.3) is 5.91 Å². The first-order valence-corrected chi connectivity index (χ1v) is 10.6. The molecule has 8 heteroatoms. The van der Waals surface area contributed by atoms with Gasteiger partial charge >= 0.3 is 5.69 Å². The topological polar surface area (TPSA) is 75.7 Å². The Morgan fingerprint density at radius 1 is 1.17 bits per heavy atom. The molecule has 0 saturated carbocycles. The lowest BCUT2D eigenvalue weighted by Gasteiger charge is -2.32. The molecule has 5 rings (SSSR count). The Kier molecular flexibility index (Phi) is 4.56. The van der Waals surface area contributed by atoms with Gasteiger partial charge in [0.1, 0.15) is 5.82 Å². The Balaban J connectivity index is 1.45. The summed E-state index contributed by atoms with van der Waals surface area (Å²) in [5, 5.41) is 4.29. The van der Waals surface area contributed by atoms with Gasteiger partial charge in [-0.3, -0.25) is 9.20 Å². The highest BCUT2D eigenvalue weighted by Crippen LogP contribution is 2.32.